The zero-order valence-corrected chi connectivity index (χ0v) is 33.8. The van der Waals surface area contributed by atoms with Crippen molar-refractivity contribution >= 4 is 70.8 Å². The molecule has 0 fully saturated rings. The molecule has 57 heavy (non-hydrogen) atoms. The number of rotatable bonds is 13. The first-order chi connectivity index (χ1) is 26.9. The van der Waals surface area contributed by atoms with E-state index in [2.05, 4.69) is 36.0 Å². The monoisotopic (exact) mass is 811 g/mol. The van der Waals surface area contributed by atoms with Gasteiger partial charge in [0.05, 0.1) is 29.9 Å². The van der Waals surface area contributed by atoms with Crippen LogP contribution in [0.5, 0.6) is 11.5 Å². The van der Waals surface area contributed by atoms with Crippen LogP contribution >= 0.6 is 0 Å². The fourth-order valence-electron chi connectivity index (χ4n) is 5.68. The first-order valence-electron chi connectivity index (χ1n) is 17.4. The fraction of sp³-hybridized carbons (Fsp3) is 0.200. The van der Waals surface area contributed by atoms with Crippen molar-refractivity contribution < 1.29 is 35.8 Å². The summed E-state index contributed by atoms with van der Waals surface area (Å²) in [4.78, 5) is -1.05. The molecule has 0 aromatic heterocycles. The summed E-state index contributed by atoms with van der Waals surface area (Å²) < 4.78 is 73.7. The summed E-state index contributed by atoms with van der Waals surface area (Å²) >= 11 is 0. The van der Waals surface area contributed by atoms with E-state index in [-0.39, 0.29) is 11.4 Å². The van der Waals surface area contributed by atoms with E-state index in [1.807, 2.05) is 32.1 Å². The largest absolute Gasteiger partial charge is 0.505 e. The molecule has 0 aliphatic carbocycles. The van der Waals surface area contributed by atoms with Gasteiger partial charge in [-0.25, -0.2) is 0 Å². The number of phenolic OH excluding ortho intramolecular Hbond substituents is 1. The summed E-state index contributed by atoms with van der Waals surface area (Å²) in [7, 11) is -8.06. The number of aromatic hydroxyl groups is 1. The quantitative estimate of drug-likeness (QED) is 0.0503. The van der Waals surface area contributed by atoms with Crippen LogP contribution in [0.25, 0.3) is 10.8 Å². The van der Waals surface area contributed by atoms with Crippen LogP contribution in [0.3, 0.4) is 0 Å². The predicted octanol–water partition coefficient (Wildman–Crippen LogP) is 11.8. The molecule has 15 nitrogen and oxygen atoms in total. The Kier molecular flexibility index (Phi) is 12.8. The molecule has 0 spiro atoms. The van der Waals surface area contributed by atoms with Crippen molar-refractivity contribution in [3.8, 4) is 11.5 Å². The number of methoxy groups -OCH3 is 1. The summed E-state index contributed by atoms with van der Waals surface area (Å²) in [6.07, 6.45) is 6.57. The highest BCUT2D eigenvalue weighted by atomic mass is 32.2. The highest BCUT2D eigenvalue weighted by Crippen LogP contribution is 2.43. The highest BCUT2D eigenvalue weighted by Gasteiger charge is 2.23. The molecule has 5 rings (SSSR count). The number of allylic oxidation sites excluding steroid dienone is 3. The Morgan fingerprint density at radius 3 is 1.67 bits per heavy atom. The molecule has 0 saturated heterocycles. The second-order valence-electron chi connectivity index (χ2n) is 12.9. The van der Waals surface area contributed by atoms with E-state index in [4.69, 9.17) is 4.74 Å². The SMILES string of the molecule is C/C=C\C(=C/CC)Nc1ccc2c(O)c(N=Nc3cc(C)c(N=Nc4cc(C)c(N=Nc5ccc(OC)cc5S(=O)(=O)O)cc4C)cc3C)c(S(=O)(=O)O)cc2c1. The van der Waals surface area contributed by atoms with Gasteiger partial charge in [-0.1, -0.05) is 19.1 Å². The molecule has 0 radical (unpaired) electrons. The molecule has 0 aliphatic heterocycles. The molecule has 4 N–H and O–H groups in total. The van der Waals surface area contributed by atoms with Crippen molar-refractivity contribution in [1.82, 2.24) is 0 Å². The third-order valence-corrected chi connectivity index (χ3v) is 10.4. The van der Waals surface area contributed by atoms with E-state index in [0.29, 0.717) is 61.5 Å². The Balaban J connectivity index is 1.42. The highest BCUT2D eigenvalue weighted by molar-refractivity contribution is 7.86. The van der Waals surface area contributed by atoms with Crippen molar-refractivity contribution in [2.24, 2.45) is 30.7 Å². The Labute approximate surface area is 330 Å². The van der Waals surface area contributed by atoms with E-state index in [0.717, 1.165) is 18.2 Å². The zero-order chi connectivity index (χ0) is 41.7. The summed E-state index contributed by atoms with van der Waals surface area (Å²) in [5, 5.41) is 40.7. The summed E-state index contributed by atoms with van der Waals surface area (Å²) in [5.74, 6) is -0.236. The molecular formula is C40H41N7O8S2. The average Bonchev–Trinajstić information content (AvgIpc) is 3.14. The van der Waals surface area contributed by atoms with Crippen LogP contribution < -0.4 is 10.1 Å². The molecule has 0 atom stereocenters. The van der Waals surface area contributed by atoms with Crippen molar-refractivity contribution in [2.45, 2.75) is 57.8 Å². The second-order valence-corrected chi connectivity index (χ2v) is 15.7. The predicted molar refractivity (Wildman–Crippen MR) is 219 cm³/mol. The van der Waals surface area contributed by atoms with Gasteiger partial charge in [-0.05, 0) is 135 Å². The number of hydrogen-bond donors (Lipinski definition) is 4. The van der Waals surface area contributed by atoms with Crippen LogP contribution in [0.15, 0.2) is 131 Å². The Morgan fingerprint density at radius 2 is 1.19 bits per heavy atom. The molecule has 296 valence electrons. The first kappa shape index (κ1) is 42.0. The van der Waals surface area contributed by atoms with Crippen LogP contribution in [-0.2, 0) is 20.2 Å². The van der Waals surface area contributed by atoms with E-state index >= 15 is 0 Å². The average molecular weight is 812 g/mol. The van der Waals surface area contributed by atoms with Gasteiger partial charge in [-0.15, -0.1) is 10.2 Å². The van der Waals surface area contributed by atoms with Gasteiger partial charge in [0, 0.05) is 22.8 Å². The minimum Gasteiger partial charge on any atom is -0.505 e. The van der Waals surface area contributed by atoms with E-state index < -0.39 is 41.5 Å². The summed E-state index contributed by atoms with van der Waals surface area (Å²) in [6.45, 7) is 11.0. The van der Waals surface area contributed by atoms with Crippen LogP contribution in [0.1, 0.15) is 42.5 Å². The first-order valence-corrected chi connectivity index (χ1v) is 20.3. The van der Waals surface area contributed by atoms with Gasteiger partial charge in [-0.2, -0.15) is 37.3 Å². The Bertz CT molecular complexity index is 2760. The third-order valence-electron chi connectivity index (χ3n) is 8.65. The van der Waals surface area contributed by atoms with Crippen LogP contribution in [0, 0.1) is 27.7 Å². The van der Waals surface area contributed by atoms with Gasteiger partial charge in [-0.3, -0.25) is 9.11 Å². The standard InChI is InChI=1S/C40H41N7O8S2/c1-8-10-28(11-9-2)41-29-12-14-31-27(20-29)21-38(57(52,53)54)39(40(31)48)47-46-36-19-25(5)35(18-26(36)6)45-44-34-17-23(3)33(16-24(34)4)43-42-32-15-13-30(55-7)22-37(32)56(49,50)51/h8,10-22,41,48H,9H2,1-7H3,(H,49,50,51)(H,52,53,54)/b10-8-,28-11+,43-42?,45-44?,47-46?. The van der Waals surface area contributed by atoms with Crippen molar-refractivity contribution in [3.05, 3.63) is 113 Å². The minimum absolute atomic E-state index is 0.0674. The Morgan fingerprint density at radius 1 is 0.684 bits per heavy atom. The number of nitrogens with one attached hydrogen (secondary N) is 1. The molecule has 0 amide bonds. The van der Waals surface area contributed by atoms with Gasteiger partial charge in [0.25, 0.3) is 20.2 Å². The van der Waals surface area contributed by atoms with Gasteiger partial charge in [0.1, 0.15) is 26.9 Å². The number of azo groups is 3. The summed E-state index contributed by atoms with van der Waals surface area (Å²) in [5.41, 5.74) is 5.53. The maximum Gasteiger partial charge on any atom is 0.296 e. The van der Waals surface area contributed by atoms with Crippen LogP contribution in [0.4, 0.5) is 39.8 Å². The van der Waals surface area contributed by atoms with E-state index in [1.165, 1.54) is 25.3 Å². The molecule has 17 heteroatoms. The molecule has 0 bridgehead atoms. The van der Waals surface area contributed by atoms with Gasteiger partial charge < -0.3 is 15.2 Å². The molecule has 0 aliphatic rings. The smallest absolute Gasteiger partial charge is 0.296 e. The minimum atomic E-state index is -4.83. The zero-order valence-electron chi connectivity index (χ0n) is 32.2. The van der Waals surface area contributed by atoms with Crippen molar-refractivity contribution in [1.29, 1.82) is 0 Å². The lowest BCUT2D eigenvalue weighted by atomic mass is 10.1. The van der Waals surface area contributed by atoms with Crippen molar-refractivity contribution in [3.63, 3.8) is 0 Å². The number of aryl methyl sites for hydroxylation is 4. The molecular weight excluding hydrogens is 771 g/mol. The lowest BCUT2D eigenvalue weighted by molar-refractivity contribution is 0.412. The van der Waals surface area contributed by atoms with Gasteiger partial charge in [0.2, 0.25) is 0 Å². The molecule has 0 heterocycles. The number of phenols is 1. The molecule has 0 unspecified atom stereocenters. The molecule has 5 aromatic rings. The third kappa shape index (κ3) is 10.0. The second kappa shape index (κ2) is 17.3. The number of anilines is 1. The van der Waals surface area contributed by atoms with E-state index in [9.17, 15) is 31.0 Å². The number of hydrogen-bond acceptors (Lipinski definition) is 13. The molecule has 0 saturated carbocycles. The lowest BCUT2D eigenvalue weighted by Gasteiger charge is -2.12. The maximum absolute atomic E-state index is 12.5. The maximum atomic E-state index is 12.5. The normalized spacial score (nSPS) is 12.9. The number of ether oxygens (including phenoxy) is 1. The number of benzene rings is 5. The topological polar surface area (TPSA) is 224 Å². The van der Waals surface area contributed by atoms with Crippen LogP contribution in [0.2, 0.25) is 0 Å². The number of nitrogens with zero attached hydrogens (tertiary/aromatic N) is 6. The van der Waals surface area contributed by atoms with Crippen LogP contribution in [-0.4, -0.2) is 38.2 Å². The lowest BCUT2D eigenvalue weighted by Crippen LogP contribution is -2.00. The fourth-order valence-corrected chi connectivity index (χ4v) is 6.98. The number of fused-ring (bicyclic) bond motifs is 1. The van der Waals surface area contributed by atoms with Gasteiger partial charge in [0.15, 0.2) is 5.75 Å². The van der Waals surface area contributed by atoms with Gasteiger partial charge >= 0.3 is 0 Å². The van der Waals surface area contributed by atoms with Crippen molar-refractivity contribution in [2.75, 3.05) is 12.4 Å². The van der Waals surface area contributed by atoms with E-state index in [1.54, 1.807) is 70.2 Å². The Hall–Kier alpha value is -6.14. The molecule has 5 aromatic carbocycles. The summed E-state index contributed by atoms with van der Waals surface area (Å²) in [6, 6.07) is 17.2.